The van der Waals surface area contributed by atoms with E-state index in [0.29, 0.717) is 5.56 Å². The number of rotatable bonds is 4. The first kappa shape index (κ1) is 16.3. The molecule has 120 valence electrons. The number of halogens is 3. The molecular formula is C15H11F3N2O3. The van der Waals surface area contributed by atoms with Crippen LogP contribution in [-0.4, -0.2) is 23.6 Å². The summed E-state index contributed by atoms with van der Waals surface area (Å²) in [4.78, 5) is 11.8. The highest BCUT2D eigenvalue weighted by atomic mass is 19.4. The summed E-state index contributed by atoms with van der Waals surface area (Å²) >= 11 is 0. The first-order chi connectivity index (χ1) is 10.8. The Labute approximate surface area is 129 Å². The molecule has 23 heavy (non-hydrogen) atoms. The first-order valence-corrected chi connectivity index (χ1v) is 6.32. The van der Waals surface area contributed by atoms with Gasteiger partial charge in [-0.25, -0.2) is 5.43 Å². The van der Waals surface area contributed by atoms with Crippen molar-refractivity contribution in [2.75, 3.05) is 0 Å². The van der Waals surface area contributed by atoms with Gasteiger partial charge in [0, 0.05) is 11.1 Å². The van der Waals surface area contributed by atoms with Crippen LogP contribution < -0.4 is 10.2 Å². The second-order valence-corrected chi connectivity index (χ2v) is 4.33. The van der Waals surface area contributed by atoms with Crippen LogP contribution in [0.4, 0.5) is 13.2 Å². The number of benzene rings is 2. The Kier molecular flexibility index (Phi) is 4.85. The van der Waals surface area contributed by atoms with E-state index in [-0.39, 0.29) is 11.3 Å². The highest BCUT2D eigenvalue weighted by Crippen LogP contribution is 2.22. The lowest BCUT2D eigenvalue weighted by atomic mass is 10.2. The molecule has 0 saturated carbocycles. The van der Waals surface area contributed by atoms with Crippen molar-refractivity contribution >= 4 is 12.1 Å². The number of aromatic hydroxyl groups is 1. The maximum atomic E-state index is 12.0. The number of hydrogen-bond acceptors (Lipinski definition) is 4. The molecule has 0 bridgehead atoms. The quantitative estimate of drug-likeness (QED) is 0.671. The molecule has 0 atom stereocenters. The Balaban J connectivity index is 1.97. The number of carbonyl (C=O) groups excluding carboxylic acids is 1. The van der Waals surface area contributed by atoms with Crippen LogP contribution in [0.25, 0.3) is 0 Å². The molecule has 5 nitrogen and oxygen atoms in total. The molecule has 2 aromatic carbocycles. The standard InChI is InChI=1S/C15H11F3N2O3/c16-15(17,18)23-12-7-5-10(6-8-12)14(22)20-19-9-11-3-1-2-4-13(11)21/h1-9,21H,(H,20,22). The highest BCUT2D eigenvalue weighted by molar-refractivity contribution is 5.95. The number of carbonyl (C=O) groups is 1. The Morgan fingerprint density at radius 1 is 1.13 bits per heavy atom. The van der Waals surface area contributed by atoms with Crippen molar-refractivity contribution < 1.29 is 27.8 Å². The summed E-state index contributed by atoms with van der Waals surface area (Å²) in [5.74, 6) is -1.04. The molecule has 2 aromatic rings. The Morgan fingerprint density at radius 2 is 1.78 bits per heavy atom. The topological polar surface area (TPSA) is 70.9 Å². The van der Waals surface area contributed by atoms with Crippen LogP contribution in [0.15, 0.2) is 53.6 Å². The van der Waals surface area contributed by atoms with Gasteiger partial charge in [0.05, 0.1) is 6.21 Å². The van der Waals surface area contributed by atoms with Gasteiger partial charge in [-0.2, -0.15) is 5.10 Å². The molecule has 0 aromatic heterocycles. The van der Waals surface area contributed by atoms with Gasteiger partial charge >= 0.3 is 6.36 Å². The lowest BCUT2D eigenvalue weighted by Crippen LogP contribution is -2.19. The number of nitrogens with one attached hydrogen (secondary N) is 1. The summed E-state index contributed by atoms with van der Waals surface area (Å²) in [5.41, 5.74) is 2.71. The van der Waals surface area contributed by atoms with Gasteiger partial charge in [-0.15, -0.1) is 13.2 Å². The number of hydrogen-bond donors (Lipinski definition) is 2. The first-order valence-electron chi connectivity index (χ1n) is 6.32. The molecule has 0 unspecified atom stereocenters. The van der Waals surface area contributed by atoms with E-state index in [9.17, 15) is 23.1 Å². The number of hydrazone groups is 1. The van der Waals surface area contributed by atoms with Crippen LogP contribution >= 0.6 is 0 Å². The van der Waals surface area contributed by atoms with Gasteiger partial charge in [0.25, 0.3) is 5.91 Å². The van der Waals surface area contributed by atoms with E-state index in [4.69, 9.17) is 0 Å². The molecule has 1 amide bonds. The summed E-state index contributed by atoms with van der Waals surface area (Å²) in [6.45, 7) is 0. The highest BCUT2D eigenvalue weighted by Gasteiger charge is 2.31. The fourth-order valence-corrected chi connectivity index (χ4v) is 1.63. The minimum absolute atomic E-state index is 0.000786. The van der Waals surface area contributed by atoms with Crippen LogP contribution in [0.1, 0.15) is 15.9 Å². The number of amides is 1. The lowest BCUT2D eigenvalue weighted by Gasteiger charge is -2.08. The van der Waals surface area contributed by atoms with E-state index in [1.807, 2.05) is 0 Å². The molecule has 0 aliphatic rings. The normalized spacial score (nSPS) is 11.4. The zero-order valence-corrected chi connectivity index (χ0v) is 11.5. The van der Waals surface area contributed by atoms with E-state index in [1.165, 1.54) is 24.4 Å². The SMILES string of the molecule is O=C(NN=Cc1ccccc1O)c1ccc(OC(F)(F)F)cc1. The van der Waals surface area contributed by atoms with Gasteiger partial charge in [-0.3, -0.25) is 4.79 Å². The minimum Gasteiger partial charge on any atom is -0.507 e. The third-order valence-electron chi connectivity index (χ3n) is 2.66. The van der Waals surface area contributed by atoms with Gasteiger partial charge in [0.1, 0.15) is 11.5 Å². The number of nitrogens with zero attached hydrogens (tertiary/aromatic N) is 1. The van der Waals surface area contributed by atoms with Crippen LogP contribution in [0.5, 0.6) is 11.5 Å². The van der Waals surface area contributed by atoms with Gasteiger partial charge in [0.15, 0.2) is 0 Å². The molecule has 0 radical (unpaired) electrons. The predicted octanol–water partition coefficient (Wildman–Crippen LogP) is 3.05. The molecule has 2 N–H and O–H groups in total. The van der Waals surface area contributed by atoms with Crippen molar-refractivity contribution in [3.8, 4) is 11.5 Å². The largest absolute Gasteiger partial charge is 0.573 e. The minimum atomic E-state index is -4.79. The van der Waals surface area contributed by atoms with E-state index < -0.39 is 18.0 Å². The third kappa shape index (κ3) is 5.03. The Hall–Kier alpha value is -3.03. The summed E-state index contributed by atoms with van der Waals surface area (Å²) in [7, 11) is 0. The second-order valence-electron chi connectivity index (χ2n) is 4.33. The maximum absolute atomic E-state index is 12.0. The van der Waals surface area contributed by atoms with E-state index in [2.05, 4.69) is 15.3 Å². The summed E-state index contributed by atoms with van der Waals surface area (Å²) in [6, 6.07) is 10.8. The summed E-state index contributed by atoms with van der Waals surface area (Å²) < 4.78 is 39.8. The van der Waals surface area contributed by atoms with Gasteiger partial charge in [-0.1, -0.05) is 12.1 Å². The molecule has 0 fully saturated rings. The number of phenolic OH excluding ortho intramolecular Hbond substituents is 1. The zero-order valence-electron chi connectivity index (χ0n) is 11.5. The summed E-state index contributed by atoms with van der Waals surface area (Å²) in [6.07, 6.45) is -3.54. The van der Waals surface area contributed by atoms with Crippen molar-refractivity contribution in [1.29, 1.82) is 0 Å². The fourth-order valence-electron chi connectivity index (χ4n) is 1.63. The second kappa shape index (κ2) is 6.82. The molecular weight excluding hydrogens is 313 g/mol. The van der Waals surface area contributed by atoms with Crippen molar-refractivity contribution in [3.63, 3.8) is 0 Å². The van der Waals surface area contributed by atoms with Crippen molar-refractivity contribution in [3.05, 3.63) is 59.7 Å². The average Bonchev–Trinajstić information content (AvgIpc) is 2.48. The van der Waals surface area contributed by atoms with E-state index in [0.717, 1.165) is 12.1 Å². The molecule has 0 aliphatic heterocycles. The average molecular weight is 324 g/mol. The number of alkyl halides is 3. The molecule has 0 aliphatic carbocycles. The molecule has 2 rings (SSSR count). The van der Waals surface area contributed by atoms with Crippen LogP contribution in [0.3, 0.4) is 0 Å². The van der Waals surface area contributed by atoms with Gasteiger partial charge < -0.3 is 9.84 Å². The molecule has 0 saturated heterocycles. The predicted molar refractivity (Wildman–Crippen MR) is 76.3 cm³/mol. The lowest BCUT2D eigenvalue weighted by molar-refractivity contribution is -0.274. The summed E-state index contributed by atoms with van der Waals surface area (Å²) in [5, 5.41) is 13.2. The van der Waals surface area contributed by atoms with Crippen molar-refractivity contribution in [2.45, 2.75) is 6.36 Å². The van der Waals surface area contributed by atoms with Crippen molar-refractivity contribution in [2.24, 2.45) is 5.10 Å². The maximum Gasteiger partial charge on any atom is 0.573 e. The monoisotopic (exact) mass is 324 g/mol. The Morgan fingerprint density at radius 3 is 2.39 bits per heavy atom. The molecule has 0 heterocycles. The van der Waals surface area contributed by atoms with Gasteiger partial charge in [0.2, 0.25) is 0 Å². The fraction of sp³-hybridized carbons (Fsp3) is 0.0667. The van der Waals surface area contributed by atoms with E-state index >= 15 is 0 Å². The van der Waals surface area contributed by atoms with Crippen molar-refractivity contribution in [1.82, 2.24) is 5.43 Å². The number of phenols is 1. The number of ether oxygens (including phenoxy) is 1. The van der Waals surface area contributed by atoms with E-state index in [1.54, 1.807) is 18.2 Å². The smallest absolute Gasteiger partial charge is 0.507 e. The van der Waals surface area contributed by atoms with Gasteiger partial charge in [-0.05, 0) is 36.4 Å². The van der Waals surface area contributed by atoms with Crippen LogP contribution in [0.2, 0.25) is 0 Å². The van der Waals surface area contributed by atoms with Crippen LogP contribution in [0, 0.1) is 0 Å². The third-order valence-corrected chi connectivity index (χ3v) is 2.66. The van der Waals surface area contributed by atoms with Crippen LogP contribution in [-0.2, 0) is 0 Å². The molecule has 0 spiro atoms. The zero-order chi connectivity index (χ0) is 16.9. The Bertz CT molecular complexity index is 713. The molecule has 8 heteroatoms. The number of para-hydroxylation sites is 1.